The molecule has 0 saturated heterocycles. The van der Waals surface area contributed by atoms with Gasteiger partial charge in [0.2, 0.25) is 0 Å². The molecule has 0 spiro atoms. The van der Waals surface area contributed by atoms with Crippen molar-refractivity contribution in [2.75, 3.05) is 0 Å². The highest BCUT2D eigenvalue weighted by Gasteiger charge is 2.21. The first kappa shape index (κ1) is 16.9. The summed E-state index contributed by atoms with van der Waals surface area (Å²) in [6, 6.07) is 10.4. The fraction of sp³-hybridized carbons (Fsp3) is 0.350. The number of rotatable bonds is 5. The van der Waals surface area contributed by atoms with Crippen molar-refractivity contribution in [1.82, 2.24) is 0 Å². The maximum atomic E-state index is 11.9. The average molecular weight is 342 g/mol. The van der Waals surface area contributed by atoms with E-state index >= 15 is 0 Å². The molecule has 0 aliphatic rings. The van der Waals surface area contributed by atoms with Crippen molar-refractivity contribution in [3.05, 3.63) is 67.7 Å². The summed E-state index contributed by atoms with van der Waals surface area (Å²) >= 11 is 1.79. The highest BCUT2D eigenvalue weighted by Crippen LogP contribution is 2.24. The molecule has 0 bridgehead atoms. The van der Waals surface area contributed by atoms with E-state index in [9.17, 15) is 4.79 Å². The zero-order valence-corrected chi connectivity index (χ0v) is 15.4. The van der Waals surface area contributed by atoms with Crippen LogP contribution in [0.4, 0.5) is 0 Å². The van der Waals surface area contributed by atoms with Crippen molar-refractivity contribution in [3.63, 3.8) is 0 Å². The third-order valence-corrected chi connectivity index (χ3v) is 5.60. The molecule has 0 saturated carbocycles. The second-order valence-electron chi connectivity index (χ2n) is 6.75. The highest BCUT2D eigenvalue weighted by molar-refractivity contribution is 7.10. The third-order valence-electron chi connectivity index (χ3n) is 4.63. The van der Waals surface area contributed by atoms with Crippen LogP contribution in [0.25, 0.3) is 11.0 Å². The first-order valence-corrected chi connectivity index (χ1v) is 9.24. The van der Waals surface area contributed by atoms with E-state index in [4.69, 9.17) is 4.42 Å². The number of hydrogen-bond acceptors (Lipinski definition) is 3. The molecule has 3 rings (SSSR count). The maximum absolute atomic E-state index is 11.9. The number of aryl methyl sites for hydroxylation is 2. The Hall–Kier alpha value is -1.91. The van der Waals surface area contributed by atoms with E-state index in [0.717, 1.165) is 23.1 Å². The molecule has 1 atom stereocenters. The largest absolute Gasteiger partial charge is 0.423 e. The van der Waals surface area contributed by atoms with E-state index in [-0.39, 0.29) is 5.63 Å². The van der Waals surface area contributed by atoms with Gasteiger partial charge in [-0.3, -0.25) is 0 Å². The van der Waals surface area contributed by atoms with Crippen LogP contribution >= 0.6 is 11.3 Å². The molecule has 3 nitrogen and oxygen atoms in total. The summed E-state index contributed by atoms with van der Waals surface area (Å²) in [6.45, 7) is 9.39. The smallest absolute Gasteiger partial charge is 0.336 e. The molecule has 1 aromatic carbocycles. The molecule has 2 heterocycles. The summed E-state index contributed by atoms with van der Waals surface area (Å²) in [7, 11) is 0. The lowest BCUT2D eigenvalue weighted by Crippen LogP contribution is -2.84. The number of fused-ring (bicyclic) bond motifs is 1. The van der Waals surface area contributed by atoms with Gasteiger partial charge in [-0.25, -0.2) is 4.79 Å². The molecule has 0 radical (unpaired) electrons. The van der Waals surface area contributed by atoms with Gasteiger partial charge in [0.05, 0.1) is 4.88 Å². The van der Waals surface area contributed by atoms with Gasteiger partial charge in [-0.05, 0) is 48.6 Å². The molecule has 126 valence electrons. The van der Waals surface area contributed by atoms with Crippen molar-refractivity contribution in [2.45, 2.75) is 40.3 Å². The lowest BCUT2D eigenvalue weighted by Gasteiger charge is -2.18. The van der Waals surface area contributed by atoms with E-state index in [0.29, 0.717) is 17.5 Å². The quantitative estimate of drug-likeness (QED) is 0.714. The van der Waals surface area contributed by atoms with Crippen LogP contribution in [0.15, 0.2) is 44.9 Å². The summed E-state index contributed by atoms with van der Waals surface area (Å²) in [6.07, 6.45) is 0. The summed E-state index contributed by atoms with van der Waals surface area (Å²) in [5, 5.41) is 5.50. The Morgan fingerprint density at radius 1 is 1.17 bits per heavy atom. The van der Waals surface area contributed by atoms with Crippen LogP contribution in [0.1, 0.15) is 41.5 Å². The maximum Gasteiger partial charge on any atom is 0.336 e. The molecule has 2 N–H and O–H groups in total. The molecule has 24 heavy (non-hydrogen) atoms. The first-order valence-electron chi connectivity index (χ1n) is 8.36. The lowest BCUT2D eigenvalue weighted by molar-refractivity contribution is -0.716. The number of benzene rings is 1. The van der Waals surface area contributed by atoms with E-state index in [1.165, 1.54) is 10.4 Å². The zero-order chi connectivity index (χ0) is 17.3. The number of quaternary nitrogens is 1. The summed E-state index contributed by atoms with van der Waals surface area (Å²) in [4.78, 5) is 13.3. The molecular weight excluding hydrogens is 318 g/mol. The standard InChI is InChI=1S/C20H23NO2S/c1-12(2)20(18-6-5-7-24-18)21-11-15-10-19(22)23-17-9-14(4)13(3)8-16(15)17/h5-10,12,20-21H,11H2,1-4H3/p+1/t20-/m0/s1. The van der Waals surface area contributed by atoms with Crippen LogP contribution in [0, 0.1) is 19.8 Å². The fourth-order valence-electron chi connectivity index (χ4n) is 3.10. The fourth-order valence-corrected chi connectivity index (χ4v) is 4.10. The second-order valence-corrected chi connectivity index (χ2v) is 7.73. The van der Waals surface area contributed by atoms with Gasteiger partial charge < -0.3 is 9.73 Å². The zero-order valence-electron chi connectivity index (χ0n) is 14.6. The van der Waals surface area contributed by atoms with Gasteiger partial charge in [0.1, 0.15) is 18.2 Å². The Kier molecular flexibility index (Phi) is 4.88. The van der Waals surface area contributed by atoms with Gasteiger partial charge in [-0.1, -0.05) is 19.9 Å². The van der Waals surface area contributed by atoms with E-state index in [1.807, 2.05) is 13.0 Å². The molecule has 2 aromatic heterocycles. The van der Waals surface area contributed by atoms with Gasteiger partial charge in [0.15, 0.2) is 0 Å². The van der Waals surface area contributed by atoms with Crippen LogP contribution < -0.4 is 10.9 Å². The third kappa shape index (κ3) is 3.45. The van der Waals surface area contributed by atoms with Crippen molar-refractivity contribution in [3.8, 4) is 0 Å². The van der Waals surface area contributed by atoms with Gasteiger partial charge in [0.25, 0.3) is 0 Å². The monoisotopic (exact) mass is 342 g/mol. The number of nitrogens with two attached hydrogens (primary N) is 1. The van der Waals surface area contributed by atoms with Gasteiger partial charge in [-0.2, -0.15) is 0 Å². The predicted octanol–water partition coefficient (Wildman–Crippen LogP) is 3.93. The predicted molar refractivity (Wildman–Crippen MR) is 99.5 cm³/mol. The van der Waals surface area contributed by atoms with Crippen molar-refractivity contribution < 1.29 is 9.73 Å². The molecule has 4 heteroatoms. The first-order chi connectivity index (χ1) is 11.5. The second kappa shape index (κ2) is 6.91. The minimum absolute atomic E-state index is 0.272. The Labute approximate surface area is 146 Å². The molecule has 0 amide bonds. The summed E-state index contributed by atoms with van der Waals surface area (Å²) in [5.41, 5.74) is 3.82. The molecular formula is C20H24NO2S+. The van der Waals surface area contributed by atoms with E-state index < -0.39 is 0 Å². The molecule has 0 aliphatic carbocycles. The highest BCUT2D eigenvalue weighted by atomic mass is 32.1. The summed E-state index contributed by atoms with van der Waals surface area (Å²) in [5.74, 6) is 0.527. The Balaban J connectivity index is 1.94. The van der Waals surface area contributed by atoms with E-state index in [1.54, 1.807) is 17.4 Å². The van der Waals surface area contributed by atoms with Crippen molar-refractivity contribution >= 4 is 22.3 Å². The lowest BCUT2D eigenvalue weighted by atomic mass is 10.0. The molecule has 0 aliphatic heterocycles. The topological polar surface area (TPSA) is 46.8 Å². The molecule has 3 aromatic rings. The Morgan fingerprint density at radius 3 is 2.58 bits per heavy atom. The number of thiophene rings is 1. The van der Waals surface area contributed by atoms with Crippen LogP contribution in [0.3, 0.4) is 0 Å². The minimum atomic E-state index is -0.272. The van der Waals surface area contributed by atoms with Gasteiger partial charge in [0, 0.05) is 22.9 Å². The average Bonchev–Trinajstić information content (AvgIpc) is 3.03. The molecule has 0 unspecified atom stereocenters. The Bertz CT molecular complexity index is 894. The minimum Gasteiger partial charge on any atom is -0.423 e. The van der Waals surface area contributed by atoms with Crippen molar-refractivity contribution in [2.24, 2.45) is 5.92 Å². The molecule has 0 fully saturated rings. The van der Waals surface area contributed by atoms with Crippen LogP contribution in [0.2, 0.25) is 0 Å². The van der Waals surface area contributed by atoms with Crippen LogP contribution in [0.5, 0.6) is 0 Å². The van der Waals surface area contributed by atoms with Gasteiger partial charge >= 0.3 is 5.63 Å². The normalized spacial score (nSPS) is 12.9. The Morgan fingerprint density at radius 2 is 1.92 bits per heavy atom. The van der Waals surface area contributed by atoms with Crippen LogP contribution in [-0.4, -0.2) is 0 Å². The van der Waals surface area contributed by atoms with E-state index in [2.05, 4.69) is 49.7 Å². The van der Waals surface area contributed by atoms with Crippen molar-refractivity contribution in [1.29, 1.82) is 0 Å². The number of hydrogen-bond donors (Lipinski definition) is 1. The SMILES string of the molecule is Cc1cc2oc(=O)cc(C[NH2+][C@H](c3cccs3)C(C)C)c2cc1C. The summed E-state index contributed by atoms with van der Waals surface area (Å²) < 4.78 is 5.40. The van der Waals surface area contributed by atoms with Crippen LogP contribution in [-0.2, 0) is 6.54 Å². The van der Waals surface area contributed by atoms with Gasteiger partial charge in [-0.15, -0.1) is 11.3 Å².